The second-order valence-corrected chi connectivity index (χ2v) is 6.25. The van der Waals surface area contributed by atoms with Gasteiger partial charge in [0.15, 0.2) is 6.61 Å². The van der Waals surface area contributed by atoms with Crippen LogP contribution in [0.5, 0.6) is 0 Å². The number of carbonyl (C=O) groups excluding carboxylic acids is 2. The van der Waals surface area contributed by atoms with Crippen LogP contribution in [0, 0.1) is 10.1 Å². The molecule has 0 aliphatic carbocycles. The average Bonchev–Trinajstić information content (AvgIpc) is 2.58. The predicted octanol–water partition coefficient (Wildman–Crippen LogP) is 2.58. The van der Waals surface area contributed by atoms with Crippen molar-refractivity contribution in [3.05, 3.63) is 33.9 Å². The van der Waals surface area contributed by atoms with E-state index in [-0.39, 0.29) is 35.8 Å². The lowest BCUT2D eigenvalue weighted by Gasteiger charge is -2.38. The first-order valence-corrected chi connectivity index (χ1v) is 8.29. The van der Waals surface area contributed by atoms with Gasteiger partial charge in [-0.15, -0.1) is 0 Å². The Morgan fingerprint density at radius 1 is 1.32 bits per heavy atom. The van der Waals surface area contributed by atoms with E-state index in [2.05, 4.69) is 5.32 Å². The molecule has 0 spiro atoms. The van der Waals surface area contributed by atoms with Crippen LogP contribution < -0.4 is 5.32 Å². The van der Waals surface area contributed by atoms with Gasteiger partial charge >= 0.3 is 5.97 Å². The van der Waals surface area contributed by atoms with Gasteiger partial charge < -0.3 is 15.0 Å². The summed E-state index contributed by atoms with van der Waals surface area (Å²) >= 11 is 0. The number of ether oxygens (including phenoxy) is 1. The van der Waals surface area contributed by atoms with Crippen molar-refractivity contribution >= 4 is 23.3 Å². The average molecular weight is 349 g/mol. The van der Waals surface area contributed by atoms with Crippen LogP contribution >= 0.6 is 0 Å². The van der Waals surface area contributed by atoms with Gasteiger partial charge in [0.2, 0.25) is 0 Å². The molecule has 1 aliphatic heterocycles. The molecule has 8 nitrogen and oxygen atoms in total. The fourth-order valence-corrected chi connectivity index (χ4v) is 3.22. The molecular formula is C17H23N3O5. The maximum absolute atomic E-state index is 12.4. The molecule has 1 N–H and O–H groups in total. The number of anilines is 1. The van der Waals surface area contributed by atoms with Crippen molar-refractivity contribution < 1.29 is 19.2 Å². The fraction of sp³-hybridized carbons (Fsp3) is 0.529. The molecule has 1 heterocycles. The summed E-state index contributed by atoms with van der Waals surface area (Å²) < 4.78 is 5.07. The number of nitrogens with zero attached hydrogens (tertiary/aromatic N) is 2. The van der Waals surface area contributed by atoms with E-state index in [1.54, 1.807) is 11.9 Å². The van der Waals surface area contributed by atoms with Gasteiger partial charge in [-0.25, -0.2) is 4.79 Å². The zero-order chi connectivity index (χ0) is 18.6. The Hall–Kier alpha value is -2.64. The van der Waals surface area contributed by atoms with Gasteiger partial charge in [0.05, 0.1) is 10.5 Å². The van der Waals surface area contributed by atoms with E-state index in [0.717, 1.165) is 25.3 Å². The number of nitro groups is 1. The summed E-state index contributed by atoms with van der Waals surface area (Å²) in [4.78, 5) is 36.7. The molecule has 0 unspecified atom stereocenters. The van der Waals surface area contributed by atoms with Crippen LogP contribution in [-0.4, -0.2) is 47.4 Å². The molecule has 25 heavy (non-hydrogen) atoms. The minimum absolute atomic E-state index is 0.0400. The lowest BCUT2D eigenvalue weighted by Crippen LogP contribution is -2.49. The summed E-state index contributed by atoms with van der Waals surface area (Å²) in [7, 11) is 1.56. The van der Waals surface area contributed by atoms with E-state index in [9.17, 15) is 19.7 Å². The van der Waals surface area contributed by atoms with E-state index in [4.69, 9.17) is 4.74 Å². The molecule has 2 atom stereocenters. The quantitative estimate of drug-likeness (QED) is 0.498. The largest absolute Gasteiger partial charge is 0.452 e. The number of piperidine rings is 1. The van der Waals surface area contributed by atoms with Gasteiger partial charge in [-0.05, 0) is 45.2 Å². The first kappa shape index (κ1) is 18.7. The second-order valence-electron chi connectivity index (χ2n) is 6.25. The number of esters is 1. The monoisotopic (exact) mass is 349 g/mol. The minimum Gasteiger partial charge on any atom is -0.452 e. The highest BCUT2D eigenvalue weighted by Crippen LogP contribution is 2.26. The molecule has 1 aromatic carbocycles. The first-order chi connectivity index (χ1) is 11.8. The standard InChI is InChI=1S/C17H23N3O5/c1-11-5-4-6-12(2)19(11)16(21)10-25-17(22)13-7-8-14(18-3)15(9-13)20(23)24/h7-9,11-12,18H,4-6,10H2,1-3H3/t11-,12+. The maximum atomic E-state index is 12.4. The van der Waals surface area contributed by atoms with Gasteiger partial charge in [0, 0.05) is 25.2 Å². The van der Waals surface area contributed by atoms with Crippen LogP contribution in [0.4, 0.5) is 11.4 Å². The van der Waals surface area contributed by atoms with Crippen LogP contribution in [-0.2, 0) is 9.53 Å². The molecule has 1 saturated heterocycles. The molecule has 2 rings (SSSR count). The van der Waals surface area contributed by atoms with Gasteiger partial charge in [0.25, 0.3) is 11.6 Å². The van der Waals surface area contributed by atoms with E-state index >= 15 is 0 Å². The summed E-state index contributed by atoms with van der Waals surface area (Å²) in [5, 5.41) is 13.7. The van der Waals surface area contributed by atoms with Gasteiger partial charge in [-0.2, -0.15) is 0 Å². The first-order valence-electron chi connectivity index (χ1n) is 8.29. The Labute approximate surface area is 146 Å². The third-order valence-corrected chi connectivity index (χ3v) is 4.51. The van der Waals surface area contributed by atoms with Crippen LogP contribution in [0.3, 0.4) is 0 Å². The Kier molecular flexibility index (Phi) is 5.95. The summed E-state index contributed by atoms with van der Waals surface area (Å²) in [6.45, 7) is 3.60. The van der Waals surface area contributed by atoms with Crippen molar-refractivity contribution in [3.8, 4) is 0 Å². The number of benzene rings is 1. The van der Waals surface area contributed by atoms with E-state index in [1.807, 2.05) is 13.8 Å². The summed E-state index contributed by atoms with van der Waals surface area (Å²) in [6, 6.07) is 4.24. The number of hydrogen-bond acceptors (Lipinski definition) is 6. The number of amides is 1. The van der Waals surface area contributed by atoms with Crippen molar-refractivity contribution in [1.29, 1.82) is 0 Å². The van der Waals surface area contributed by atoms with Crippen LogP contribution in [0.25, 0.3) is 0 Å². The molecular weight excluding hydrogens is 326 g/mol. The second kappa shape index (κ2) is 7.96. The summed E-state index contributed by atoms with van der Waals surface area (Å²) in [6.07, 6.45) is 2.94. The SMILES string of the molecule is CNc1ccc(C(=O)OCC(=O)N2[C@H](C)CCC[C@@H]2C)cc1[N+](=O)[O-]. The molecule has 1 aromatic rings. The number of nitro benzene ring substituents is 1. The Morgan fingerprint density at radius 3 is 2.52 bits per heavy atom. The third kappa shape index (κ3) is 4.26. The van der Waals surface area contributed by atoms with Crippen LogP contribution in [0.15, 0.2) is 18.2 Å². The van der Waals surface area contributed by atoms with Crippen molar-refractivity contribution in [3.63, 3.8) is 0 Å². The number of carbonyl (C=O) groups is 2. The molecule has 0 radical (unpaired) electrons. The normalized spacial score (nSPS) is 20.0. The highest BCUT2D eigenvalue weighted by Gasteiger charge is 2.29. The molecule has 8 heteroatoms. The fourth-order valence-electron chi connectivity index (χ4n) is 3.22. The maximum Gasteiger partial charge on any atom is 0.338 e. The minimum atomic E-state index is -0.753. The summed E-state index contributed by atoms with van der Waals surface area (Å²) in [5.74, 6) is -0.995. The van der Waals surface area contributed by atoms with Crippen molar-refractivity contribution in [1.82, 2.24) is 4.90 Å². The molecule has 0 aromatic heterocycles. The van der Waals surface area contributed by atoms with E-state index in [1.165, 1.54) is 12.1 Å². The molecule has 1 aliphatic rings. The Bertz CT molecular complexity index is 666. The zero-order valence-corrected chi connectivity index (χ0v) is 14.7. The smallest absolute Gasteiger partial charge is 0.338 e. The van der Waals surface area contributed by atoms with Gasteiger partial charge in [-0.3, -0.25) is 14.9 Å². The number of likely N-dealkylation sites (tertiary alicyclic amines) is 1. The molecule has 0 saturated carbocycles. The van der Waals surface area contributed by atoms with Crippen LogP contribution in [0.1, 0.15) is 43.5 Å². The van der Waals surface area contributed by atoms with Gasteiger partial charge in [-0.1, -0.05) is 0 Å². The zero-order valence-electron chi connectivity index (χ0n) is 14.7. The van der Waals surface area contributed by atoms with E-state index < -0.39 is 10.9 Å². The topological polar surface area (TPSA) is 102 Å². The number of hydrogen-bond donors (Lipinski definition) is 1. The van der Waals surface area contributed by atoms with Crippen molar-refractivity contribution in [2.24, 2.45) is 0 Å². The van der Waals surface area contributed by atoms with Crippen molar-refractivity contribution in [2.45, 2.75) is 45.2 Å². The predicted molar refractivity (Wildman–Crippen MR) is 92.5 cm³/mol. The van der Waals surface area contributed by atoms with Crippen molar-refractivity contribution in [2.75, 3.05) is 19.0 Å². The number of nitrogens with one attached hydrogen (secondary N) is 1. The van der Waals surface area contributed by atoms with Gasteiger partial charge in [0.1, 0.15) is 5.69 Å². The highest BCUT2D eigenvalue weighted by atomic mass is 16.6. The lowest BCUT2D eigenvalue weighted by atomic mass is 9.97. The summed E-state index contributed by atoms with van der Waals surface area (Å²) in [5.41, 5.74) is 0.119. The lowest BCUT2D eigenvalue weighted by molar-refractivity contribution is -0.384. The van der Waals surface area contributed by atoms with E-state index in [0.29, 0.717) is 5.69 Å². The third-order valence-electron chi connectivity index (χ3n) is 4.51. The Balaban J connectivity index is 2.03. The molecule has 1 fully saturated rings. The highest BCUT2D eigenvalue weighted by molar-refractivity contribution is 5.93. The Morgan fingerprint density at radius 2 is 1.96 bits per heavy atom. The number of rotatable bonds is 5. The molecule has 136 valence electrons. The van der Waals surface area contributed by atoms with Crippen LogP contribution in [0.2, 0.25) is 0 Å². The molecule has 1 amide bonds. The molecule has 0 bridgehead atoms.